The molecule has 1 amide bonds. The van der Waals surface area contributed by atoms with E-state index >= 15 is 0 Å². The zero-order valence-corrected chi connectivity index (χ0v) is 18.5. The molecule has 2 rings (SSSR count). The highest BCUT2D eigenvalue weighted by atomic mass is 32.2. The molecule has 158 valence electrons. The van der Waals surface area contributed by atoms with Gasteiger partial charge in [0.1, 0.15) is 0 Å². The molecule has 1 aromatic rings. The number of hydrogen-bond acceptors (Lipinski definition) is 4. The van der Waals surface area contributed by atoms with Crippen LogP contribution >= 0.6 is 0 Å². The fourth-order valence-electron chi connectivity index (χ4n) is 3.22. The predicted octanol–water partition coefficient (Wildman–Crippen LogP) is 2.67. The second-order valence-corrected chi connectivity index (χ2v) is 10.1. The molecule has 0 spiro atoms. The number of nitrogens with one attached hydrogen (secondary N) is 1. The molecule has 0 unspecified atom stereocenters. The minimum Gasteiger partial charge on any atom is -0.340 e. The molecule has 1 heterocycles. The maximum absolute atomic E-state index is 13.2. The van der Waals surface area contributed by atoms with E-state index in [4.69, 9.17) is 0 Å². The molecule has 0 atom stereocenters. The van der Waals surface area contributed by atoms with Crippen LogP contribution in [0, 0.1) is 5.92 Å². The van der Waals surface area contributed by atoms with E-state index in [1.54, 1.807) is 12.1 Å². The molecular weight excluding hydrogens is 374 g/mol. The fraction of sp³-hybridized carbons (Fsp3) is 0.667. The Balaban J connectivity index is 2.12. The van der Waals surface area contributed by atoms with E-state index in [1.165, 1.54) is 4.31 Å². The molecule has 0 aromatic heterocycles. The van der Waals surface area contributed by atoms with Gasteiger partial charge in [-0.2, -0.15) is 4.31 Å². The Morgan fingerprint density at radius 1 is 1.07 bits per heavy atom. The zero-order chi connectivity index (χ0) is 20.7. The monoisotopic (exact) mass is 409 g/mol. The van der Waals surface area contributed by atoms with Gasteiger partial charge in [0, 0.05) is 45.7 Å². The lowest BCUT2D eigenvalue weighted by Crippen LogP contribution is -2.47. The van der Waals surface area contributed by atoms with Gasteiger partial charge in [0.15, 0.2) is 0 Å². The molecule has 0 aliphatic carbocycles. The van der Waals surface area contributed by atoms with Gasteiger partial charge < -0.3 is 10.2 Å². The van der Waals surface area contributed by atoms with Crippen LogP contribution in [0.4, 0.5) is 0 Å². The van der Waals surface area contributed by atoms with Crippen molar-refractivity contribution in [1.82, 2.24) is 14.5 Å². The largest absolute Gasteiger partial charge is 0.340 e. The third-order valence-corrected chi connectivity index (χ3v) is 7.10. The van der Waals surface area contributed by atoms with Crippen molar-refractivity contribution in [2.45, 2.75) is 51.3 Å². The van der Waals surface area contributed by atoms with Crippen LogP contribution in [-0.4, -0.2) is 62.8 Å². The summed E-state index contributed by atoms with van der Waals surface area (Å²) in [6.45, 7) is 11.9. The lowest BCUT2D eigenvalue weighted by molar-refractivity contribution is -0.131. The van der Waals surface area contributed by atoms with Crippen LogP contribution in [-0.2, 0) is 14.8 Å². The molecular formula is C21H35N3O3S. The number of nitrogens with zero attached hydrogens (tertiary/aromatic N) is 2. The van der Waals surface area contributed by atoms with E-state index < -0.39 is 10.0 Å². The summed E-state index contributed by atoms with van der Waals surface area (Å²) in [7, 11) is -3.62. The van der Waals surface area contributed by atoms with Gasteiger partial charge in [-0.1, -0.05) is 39.8 Å². The molecule has 28 heavy (non-hydrogen) atoms. The van der Waals surface area contributed by atoms with Crippen molar-refractivity contribution in [1.29, 1.82) is 0 Å². The zero-order valence-electron chi connectivity index (χ0n) is 17.6. The van der Waals surface area contributed by atoms with Gasteiger partial charge in [0.25, 0.3) is 0 Å². The Bertz CT molecular complexity index is 724. The molecule has 1 N–H and O–H groups in total. The predicted molar refractivity (Wildman–Crippen MR) is 113 cm³/mol. The summed E-state index contributed by atoms with van der Waals surface area (Å²) in [5.41, 5.74) is 1.11. The van der Waals surface area contributed by atoms with Crippen molar-refractivity contribution in [3.63, 3.8) is 0 Å². The van der Waals surface area contributed by atoms with Crippen LogP contribution in [0.15, 0.2) is 29.2 Å². The average Bonchev–Trinajstić information content (AvgIpc) is 2.68. The maximum atomic E-state index is 13.2. The minimum atomic E-state index is -3.62. The highest BCUT2D eigenvalue weighted by Gasteiger charge is 2.26. The van der Waals surface area contributed by atoms with Crippen LogP contribution in [0.2, 0.25) is 0 Å². The molecule has 6 nitrogen and oxygen atoms in total. The average molecular weight is 410 g/mol. The van der Waals surface area contributed by atoms with Crippen LogP contribution < -0.4 is 5.32 Å². The lowest BCUT2D eigenvalue weighted by Gasteiger charge is -2.29. The topological polar surface area (TPSA) is 69.7 Å². The fourth-order valence-corrected chi connectivity index (χ4v) is 4.68. The molecule has 1 saturated heterocycles. The number of rotatable bonds is 9. The van der Waals surface area contributed by atoms with Crippen molar-refractivity contribution in [2.24, 2.45) is 5.92 Å². The van der Waals surface area contributed by atoms with Gasteiger partial charge >= 0.3 is 0 Å². The Kier molecular flexibility index (Phi) is 8.46. The first-order valence-corrected chi connectivity index (χ1v) is 11.7. The summed E-state index contributed by atoms with van der Waals surface area (Å²) >= 11 is 0. The molecule has 0 radical (unpaired) electrons. The normalized spacial score (nSPS) is 15.6. The van der Waals surface area contributed by atoms with Crippen molar-refractivity contribution in [3.05, 3.63) is 29.8 Å². The van der Waals surface area contributed by atoms with Gasteiger partial charge in [-0.15, -0.1) is 0 Å². The minimum absolute atomic E-state index is 0.0291. The van der Waals surface area contributed by atoms with Gasteiger partial charge in [-0.25, -0.2) is 8.42 Å². The molecule has 1 aliphatic rings. The SMILES string of the molecule is CC(C)CCN(CCC(=O)N1CCNCC1)S(=O)(=O)c1ccc(C(C)C)cc1. The number of benzene rings is 1. The quantitative estimate of drug-likeness (QED) is 0.681. The van der Waals surface area contributed by atoms with Crippen molar-refractivity contribution < 1.29 is 13.2 Å². The molecule has 1 aliphatic heterocycles. The van der Waals surface area contributed by atoms with Crippen LogP contribution in [0.3, 0.4) is 0 Å². The first kappa shape index (κ1) is 22.8. The first-order valence-electron chi connectivity index (χ1n) is 10.3. The summed E-state index contributed by atoms with van der Waals surface area (Å²) in [5, 5.41) is 3.23. The Hall–Kier alpha value is -1.44. The Morgan fingerprint density at radius 2 is 1.68 bits per heavy atom. The summed E-state index contributed by atoms with van der Waals surface area (Å²) in [6.07, 6.45) is 0.993. The third-order valence-electron chi connectivity index (χ3n) is 5.19. The maximum Gasteiger partial charge on any atom is 0.243 e. The van der Waals surface area contributed by atoms with E-state index in [-0.39, 0.29) is 18.9 Å². The van der Waals surface area contributed by atoms with Crippen molar-refractivity contribution in [3.8, 4) is 0 Å². The summed E-state index contributed by atoms with van der Waals surface area (Å²) in [6, 6.07) is 7.13. The number of piperazine rings is 1. The summed E-state index contributed by atoms with van der Waals surface area (Å²) < 4.78 is 27.9. The number of sulfonamides is 1. The van der Waals surface area contributed by atoms with E-state index in [9.17, 15) is 13.2 Å². The summed E-state index contributed by atoms with van der Waals surface area (Å²) in [5.74, 6) is 0.775. The van der Waals surface area contributed by atoms with E-state index in [1.807, 2.05) is 17.0 Å². The van der Waals surface area contributed by atoms with Gasteiger partial charge in [-0.3, -0.25) is 4.79 Å². The van der Waals surface area contributed by atoms with Gasteiger partial charge in [-0.05, 0) is 36.0 Å². The third kappa shape index (κ3) is 6.29. The van der Waals surface area contributed by atoms with E-state index in [0.717, 1.165) is 25.1 Å². The Labute approximate surface area is 170 Å². The molecule has 1 fully saturated rings. The van der Waals surface area contributed by atoms with Gasteiger partial charge in [0.2, 0.25) is 15.9 Å². The van der Waals surface area contributed by atoms with Crippen LogP contribution in [0.5, 0.6) is 0 Å². The molecule has 7 heteroatoms. The smallest absolute Gasteiger partial charge is 0.243 e. The van der Waals surface area contributed by atoms with Crippen LogP contribution in [0.25, 0.3) is 0 Å². The standard InChI is InChI=1S/C21H35N3O3S/c1-17(2)9-13-24(14-10-21(25)23-15-11-22-12-16-23)28(26,27)20-7-5-19(6-8-20)18(3)4/h5-8,17-18,22H,9-16H2,1-4H3. The van der Waals surface area contributed by atoms with Gasteiger partial charge in [0.05, 0.1) is 4.90 Å². The lowest BCUT2D eigenvalue weighted by atomic mass is 10.0. The first-order chi connectivity index (χ1) is 13.2. The number of carbonyl (C=O) groups excluding carboxylic acids is 1. The number of carbonyl (C=O) groups is 1. The summed E-state index contributed by atoms with van der Waals surface area (Å²) in [4.78, 5) is 14.6. The second-order valence-electron chi connectivity index (χ2n) is 8.19. The van der Waals surface area contributed by atoms with E-state index in [0.29, 0.717) is 36.4 Å². The van der Waals surface area contributed by atoms with E-state index in [2.05, 4.69) is 33.0 Å². The van der Waals surface area contributed by atoms with Crippen molar-refractivity contribution >= 4 is 15.9 Å². The van der Waals surface area contributed by atoms with Crippen LogP contribution in [0.1, 0.15) is 52.0 Å². The second kappa shape index (κ2) is 10.4. The highest BCUT2D eigenvalue weighted by molar-refractivity contribution is 7.89. The van der Waals surface area contributed by atoms with Crippen molar-refractivity contribution in [2.75, 3.05) is 39.3 Å². The molecule has 0 saturated carbocycles. The number of hydrogen-bond donors (Lipinski definition) is 1. The highest BCUT2D eigenvalue weighted by Crippen LogP contribution is 2.21. The Morgan fingerprint density at radius 3 is 2.21 bits per heavy atom. The molecule has 1 aromatic carbocycles. The molecule has 0 bridgehead atoms. The number of amides is 1.